The first-order valence-corrected chi connectivity index (χ1v) is 11.9. The molecule has 0 saturated heterocycles. The lowest BCUT2D eigenvalue weighted by Gasteiger charge is -2.04. The lowest BCUT2D eigenvalue weighted by atomic mass is 10.1. The van der Waals surface area contributed by atoms with E-state index in [2.05, 4.69) is 0 Å². The molecule has 0 radical (unpaired) electrons. The van der Waals surface area contributed by atoms with Gasteiger partial charge in [-0.2, -0.15) is 0 Å². The minimum Gasteiger partial charge on any atom is -0.478 e. The van der Waals surface area contributed by atoms with Gasteiger partial charge < -0.3 is 10.2 Å². The molecule has 150 valence electrons. The molecule has 0 amide bonds. The van der Waals surface area contributed by atoms with Gasteiger partial charge in [-0.15, -0.1) is 0 Å². The highest BCUT2D eigenvalue weighted by atomic mass is 33.1. The van der Waals surface area contributed by atoms with Gasteiger partial charge in [0, 0.05) is 11.5 Å². The van der Waals surface area contributed by atoms with Crippen LogP contribution in [0.5, 0.6) is 0 Å². The van der Waals surface area contributed by atoms with Gasteiger partial charge in [-0.1, -0.05) is 45.9 Å². The predicted molar refractivity (Wildman–Crippen MR) is 118 cm³/mol. The zero-order chi connectivity index (χ0) is 20.2. The van der Waals surface area contributed by atoms with Crippen molar-refractivity contribution in [1.82, 2.24) is 0 Å². The van der Waals surface area contributed by atoms with E-state index in [0.29, 0.717) is 11.1 Å². The molecule has 0 spiro atoms. The van der Waals surface area contributed by atoms with Crippen molar-refractivity contribution in [3.63, 3.8) is 0 Å². The number of carbonyl (C=O) groups is 2. The van der Waals surface area contributed by atoms with Crippen LogP contribution in [0.3, 0.4) is 0 Å². The summed E-state index contributed by atoms with van der Waals surface area (Å²) in [6.45, 7) is 0. The Kier molecular flexibility index (Phi) is 10.0. The fourth-order valence-electron chi connectivity index (χ4n) is 2.73. The zero-order valence-electron chi connectivity index (χ0n) is 15.8. The molecule has 4 nitrogen and oxygen atoms in total. The second kappa shape index (κ2) is 12.5. The zero-order valence-corrected chi connectivity index (χ0v) is 17.4. The van der Waals surface area contributed by atoms with Crippen molar-refractivity contribution < 1.29 is 19.8 Å². The number of hydrogen-bond acceptors (Lipinski definition) is 4. The minimum absolute atomic E-state index is 0.341. The second-order valence-corrected chi connectivity index (χ2v) is 9.26. The Hall–Kier alpha value is -1.92. The molecular formula is C22H26O4S2. The van der Waals surface area contributed by atoms with E-state index in [0.717, 1.165) is 50.0 Å². The highest BCUT2D eigenvalue weighted by molar-refractivity contribution is 8.76. The van der Waals surface area contributed by atoms with Crippen molar-refractivity contribution in [1.29, 1.82) is 0 Å². The summed E-state index contributed by atoms with van der Waals surface area (Å²) in [7, 11) is 3.84. The normalized spacial score (nSPS) is 10.7. The van der Waals surface area contributed by atoms with Gasteiger partial charge in [0.1, 0.15) is 0 Å². The molecule has 0 fully saturated rings. The minimum atomic E-state index is -0.879. The second-order valence-electron chi connectivity index (χ2n) is 6.56. The Balaban J connectivity index is 1.45. The van der Waals surface area contributed by atoms with E-state index in [-0.39, 0.29) is 0 Å². The lowest BCUT2D eigenvalue weighted by Crippen LogP contribution is -1.96. The van der Waals surface area contributed by atoms with Gasteiger partial charge in [0.15, 0.2) is 0 Å². The summed E-state index contributed by atoms with van der Waals surface area (Å²) in [6, 6.07) is 14.3. The van der Waals surface area contributed by atoms with Gasteiger partial charge >= 0.3 is 11.9 Å². The summed E-state index contributed by atoms with van der Waals surface area (Å²) in [5.41, 5.74) is 3.07. The molecule has 2 N–H and O–H groups in total. The molecule has 0 unspecified atom stereocenters. The molecular weight excluding hydrogens is 392 g/mol. The number of aryl methyl sites for hydroxylation is 2. The van der Waals surface area contributed by atoms with Gasteiger partial charge in [0.05, 0.1) is 11.1 Å². The van der Waals surface area contributed by atoms with Crippen molar-refractivity contribution in [2.75, 3.05) is 11.5 Å². The molecule has 0 aliphatic rings. The van der Waals surface area contributed by atoms with Crippen molar-refractivity contribution >= 4 is 33.5 Å². The first-order valence-electron chi connectivity index (χ1n) is 9.45. The topological polar surface area (TPSA) is 74.6 Å². The number of aromatic carboxylic acids is 2. The van der Waals surface area contributed by atoms with Gasteiger partial charge in [-0.25, -0.2) is 9.59 Å². The van der Waals surface area contributed by atoms with Crippen LogP contribution in [0, 0.1) is 0 Å². The lowest BCUT2D eigenvalue weighted by molar-refractivity contribution is 0.0686. The molecule has 2 aromatic carbocycles. The molecule has 2 rings (SSSR count). The summed E-state index contributed by atoms with van der Waals surface area (Å²) in [6.07, 6.45) is 6.54. The van der Waals surface area contributed by atoms with Crippen molar-refractivity contribution in [3.05, 3.63) is 70.8 Å². The molecule has 0 heterocycles. The van der Waals surface area contributed by atoms with Gasteiger partial charge in [0.25, 0.3) is 0 Å². The molecule has 0 saturated carbocycles. The van der Waals surface area contributed by atoms with Crippen LogP contribution in [0.1, 0.15) is 57.5 Å². The third-order valence-electron chi connectivity index (χ3n) is 4.37. The highest BCUT2D eigenvalue weighted by Gasteiger charge is 2.03. The Morgan fingerprint density at radius 3 is 1.29 bits per heavy atom. The van der Waals surface area contributed by atoms with Crippen LogP contribution in [0.25, 0.3) is 0 Å². The Morgan fingerprint density at radius 1 is 0.607 bits per heavy atom. The third kappa shape index (κ3) is 8.40. The molecule has 0 atom stereocenters. The molecule has 0 aliphatic carbocycles. The van der Waals surface area contributed by atoms with Crippen LogP contribution in [0.2, 0.25) is 0 Å². The van der Waals surface area contributed by atoms with Crippen molar-refractivity contribution in [3.8, 4) is 0 Å². The fourth-order valence-corrected chi connectivity index (χ4v) is 5.02. The summed E-state index contributed by atoms with van der Waals surface area (Å²) in [5, 5.41) is 17.8. The number of hydrogen-bond donors (Lipinski definition) is 2. The average molecular weight is 419 g/mol. The van der Waals surface area contributed by atoms with Crippen LogP contribution in [0.4, 0.5) is 0 Å². The first kappa shape index (κ1) is 22.4. The third-order valence-corrected chi connectivity index (χ3v) is 6.95. The average Bonchev–Trinajstić information content (AvgIpc) is 2.70. The van der Waals surface area contributed by atoms with E-state index in [4.69, 9.17) is 10.2 Å². The molecule has 0 bridgehead atoms. The Labute approximate surface area is 174 Å². The van der Waals surface area contributed by atoms with Crippen LogP contribution in [-0.4, -0.2) is 33.7 Å². The standard InChI is InChI=1S/C22H26O4S2/c23-21(24)19-11-7-17(8-12-19)5-1-3-15-27-28-16-4-2-6-18-9-13-20(14-10-18)22(25)26/h7-14H,1-6,15-16H2,(H,23,24)(H,25,26). The van der Waals surface area contributed by atoms with E-state index in [9.17, 15) is 9.59 Å². The SMILES string of the molecule is O=C(O)c1ccc(CCCCSSCCCCc2ccc(C(=O)O)cc2)cc1. The fraction of sp³-hybridized carbons (Fsp3) is 0.364. The van der Waals surface area contributed by atoms with Crippen LogP contribution < -0.4 is 0 Å². The van der Waals surface area contributed by atoms with E-state index in [1.54, 1.807) is 24.3 Å². The molecule has 2 aromatic rings. The van der Waals surface area contributed by atoms with Gasteiger partial charge in [-0.05, 0) is 73.9 Å². The highest BCUT2D eigenvalue weighted by Crippen LogP contribution is 2.24. The maximum Gasteiger partial charge on any atom is 0.335 e. The van der Waals surface area contributed by atoms with Gasteiger partial charge in [0.2, 0.25) is 0 Å². The van der Waals surface area contributed by atoms with E-state index >= 15 is 0 Å². The van der Waals surface area contributed by atoms with Crippen LogP contribution >= 0.6 is 21.6 Å². The Bertz CT molecular complexity index is 677. The summed E-state index contributed by atoms with van der Waals surface area (Å²) in [5.74, 6) is 0.510. The summed E-state index contributed by atoms with van der Waals surface area (Å²) >= 11 is 0. The number of unbranched alkanes of at least 4 members (excludes halogenated alkanes) is 2. The number of carboxylic acid groups (broad SMARTS) is 2. The van der Waals surface area contributed by atoms with Crippen LogP contribution in [0.15, 0.2) is 48.5 Å². The molecule has 0 aromatic heterocycles. The first-order chi connectivity index (χ1) is 13.6. The van der Waals surface area contributed by atoms with Crippen molar-refractivity contribution in [2.45, 2.75) is 38.5 Å². The van der Waals surface area contributed by atoms with Crippen LogP contribution in [-0.2, 0) is 12.8 Å². The summed E-state index contributed by atoms with van der Waals surface area (Å²) in [4.78, 5) is 21.6. The summed E-state index contributed by atoms with van der Waals surface area (Å²) < 4.78 is 0. The molecule has 6 heteroatoms. The van der Waals surface area contributed by atoms with E-state index < -0.39 is 11.9 Å². The smallest absolute Gasteiger partial charge is 0.335 e. The van der Waals surface area contributed by atoms with Gasteiger partial charge in [-0.3, -0.25) is 0 Å². The van der Waals surface area contributed by atoms with E-state index in [1.807, 2.05) is 45.9 Å². The largest absolute Gasteiger partial charge is 0.478 e. The number of benzene rings is 2. The molecule has 0 aliphatic heterocycles. The maximum atomic E-state index is 10.8. The monoisotopic (exact) mass is 418 g/mol. The number of rotatable bonds is 13. The Morgan fingerprint density at radius 2 is 0.964 bits per heavy atom. The number of carboxylic acids is 2. The predicted octanol–water partition coefficient (Wildman–Crippen LogP) is 5.81. The quantitative estimate of drug-likeness (QED) is 0.316. The van der Waals surface area contributed by atoms with Crippen molar-refractivity contribution in [2.24, 2.45) is 0 Å². The maximum absolute atomic E-state index is 10.8. The van der Waals surface area contributed by atoms with E-state index in [1.165, 1.54) is 11.1 Å². The molecule has 28 heavy (non-hydrogen) atoms.